The average molecular weight is 140 g/mol. The van der Waals surface area contributed by atoms with Crippen LogP contribution >= 0.6 is 0 Å². The van der Waals surface area contributed by atoms with Crippen molar-refractivity contribution in [3.8, 4) is 11.8 Å². The molecule has 0 heterocycles. The highest BCUT2D eigenvalue weighted by Gasteiger charge is 2.01. The van der Waals surface area contributed by atoms with Gasteiger partial charge in [0, 0.05) is 6.42 Å². The standard InChI is InChI=1S/C8H12O2/c1-4-6-7(3)10-8(9)5-2/h7H,5H2,1-3H3/t7-/m1/s1. The van der Waals surface area contributed by atoms with Crippen LogP contribution in [0.25, 0.3) is 0 Å². The van der Waals surface area contributed by atoms with Gasteiger partial charge in [-0.05, 0) is 13.8 Å². The molecule has 0 bridgehead atoms. The normalized spacial score (nSPS) is 11.1. The van der Waals surface area contributed by atoms with Gasteiger partial charge in [0.25, 0.3) is 0 Å². The number of rotatable bonds is 2. The highest BCUT2D eigenvalue weighted by molar-refractivity contribution is 5.69. The summed E-state index contributed by atoms with van der Waals surface area (Å²) >= 11 is 0. The number of hydrogen-bond acceptors (Lipinski definition) is 2. The molecule has 0 N–H and O–H groups in total. The molecule has 56 valence electrons. The summed E-state index contributed by atoms with van der Waals surface area (Å²) in [5, 5.41) is 0. The second-order valence-corrected chi connectivity index (χ2v) is 1.88. The van der Waals surface area contributed by atoms with E-state index in [2.05, 4.69) is 11.8 Å². The SMILES string of the molecule is CC#C[C@@H](C)OC(=O)CC. The lowest BCUT2D eigenvalue weighted by atomic mass is 10.4. The molecule has 1 atom stereocenters. The molecule has 0 unspecified atom stereocenters. The molecule has 0 spiro atoms. The van der Waals surface area contributed by atoms with Gasteiger partial charge in [-0.3, -0.25) is 4.79 Å². The van der Waals surface area contributed by atoms with E-state index in [9.17, 15) is 4.79 Å². The fraction of sp³-hybridized carbons (Fsp3) is 0.625. The lowest BCUT2D eigenvalue weighted by Crippen LogP contribution is -2.11. The molecule has 0 aliphatic carbocycles. The van der Waals surface area contributed by atoms with Gasteiger partial charge < -0.3 is 4.74 Å². The molecule has 10 heavy (non-hydrogen) atoms. The Kier molecular flexibility index (Phi) is 4.39. The molecule has 0 amide bonds. The van der Waals surface area contributed by atoms with Gasteiger partial charge in [-0.15, -0.1) is 5.92 Å². The predicted octanol–water partition coefficient (Wildman–Crippen LogP) is 1.35. The fourth-order valence-corrected chi connectivity index (χ4v) is 0.513. The Hall–Kier alpha value is -0.970. The van der Waals surface area contributed by atoms with Gasteiger partial charge in [0.15, 0.2) is 6.10 Å². The average Bonchev–Trinajstić information content (AvgIpc) is 1.88. The van der Waals surface area contributed by atoms with E-state index < -0.39 is 0 Å². The lowest BCUT2D eigenvalue weighted by Gasteiger charge is -2.04. The number of carbonyl (C=O) groups is 1. The van der Waals surface area contributed by atoms with E-state index in [1.807, 2.05) is 0 Å². The van der Waals surface area contributed by atoms with E-state index in [0.29, 0.717) is 6.42 Å². The van der Waals surface area contributed by atoms with Crippen molar-refractivity contribution < 1.29 is 9.53 Å². The highest BCUT2D eigenvalue weighted by atomic mass is 16.5. The predicted molar refractivity (Wildman–Crippen MR) is 39.3 cm³/mol. The summed E-state index contributed by atoms with van der Waals surface area (Å²) < 4.78 is 4.83. The van der Waals surface area contributed by atoms with Crippen LogP contribution in [0, 0.1) is 11.8 Å². The Morgan fingerprint density at radius 3 is 2.70 bits per heavy atom. The summed E-state index contributed by atoms with van der Waals surface area (Å²) in [7, 11) is 0. The van der Waals surface area contributed by atoms with Gasteiger partial charge in [0.2, 0.25) is 0 Å². The van der Waals surface area contributed by atoms with Crippen molar-refractivity contribution >= 4 is 5.97 Å². The third-order valence-electron chi connectivity index (χ3n) is 0.944. The van der Waals surface area contributed by atoms with Gasteiger partial charge in [0.05, 0.1) is 0 Å². The molecule has 2 nitrogen and oxygen atoms in total. The van der Waals surface area contributed by atoms with Crippen molar-refractivity contribution in [1.82, 2.24) is 0 Å². The van der Waals surface area contributed by atoms with Crippen LogP contribution in [-0.2, 0) is 9.53 Å². The molecule has 0 aromatic rings. The first-order valence-electron chi connectivity index (χ1n) is 3.32. The molecule has 0 radical (unpaired) electrons. The molecule has 0 aliphatic heterocycles. The zero-order valence-electron chi connectivity index (χ0n) is 6.60. The second kappa shape index (κ2) is 4.87. The van der Waals surface area contributed by atoms with Crippen molar-refractivity contribution in [2.75, 3.05) is 0 Å². The maximum atomic E-state index is 10.6. The van der Waals surface area contributed by atoms with Crippen LogP contribution in [-0.4, -0.2) is 12.1 Å². The summed E-state index contributed by atoms with van der Waals surface area (Å²) in [5.41, 5.74) is 0. The maximum Gasteiger partial charge on any atom is 0.306 e. The molecular weight excluding hydrogens is 128 g/mol. The summed E-state index contributed by atoms with van der Waals surface area (Å²) in [6.07, 6.45) is 0.146. The van der Waals surface area contributed by atoms with E-state index in [1.165, 1.54) is 0 Å². The molecule has 0 aliphatic rings. The van der Waals surface area contributed by atoms with Crippen molar-refractivity contribution in [3.63, 3.8) is 0 Å². The van der Waals surface area contributed by atoms with Crippen molar-refractivity contribution in [1.29, 1.82) is 0 Å². The van der Waals surface area contributed by atoms with Crippen LogP contribution in [0.2, 0.25) is 0 Å². The van der Waals surface area contributed by atoms with Crippen molar-refractivity contribution in [3.05, 3.63) is 0 Å². The Labute approximate surface area is 61.6 Å². The smallest absolute Gasteiger partial charge is 0.306 e. The molecule has 0 fully saturated rings. The Balaban J connectivity index is 3.64. The third-order valence-corrected chi connectivity index (χ3v) is 0.944. The van der Waals surface area contributed by atoms with Crippen LogP contribution in [0.3, 0.4) is 0 Å². The Bertz CT molecular complexity index is 162. The van der Waals surface area contributed by atoms with Crippen molar-refractivity contribution in [2.45, 2.75) is 33.3 Å². The van der Waals surface area contributed by atoms with Crippen LogP contribution in [0.4, 0.5) is 0 Å². The number of esters is 1. The second-order valence-electron chi connectivity index (χ2n) is 1.88. The van der Waals surface area contributed by atoms with Crippen LogP contribution in [0.15, 0.2) is 0 Å². The molecule has 2 heteroatoms. The number of hydrogen-bond donors (Lipinski definition) is 0. The monoisotopic (exact) mass is 140 g/mol. The summed E-state index contributed by atoms with van der Waals surface area (Å²) in [6, 6.07) is 0. The van der Waals surface area contributed by atoms with E-state index in [-0.39, 0.29) is 12.1 Å². The highest BCUT2D eigenvalue weighted by Crippen LogP contribution is 1.91. The maximum absolute atomic E-state index is 10.6. The molecular formula is C8H12O2. The van der Waals surface area contributed by atoms with Crippen molar-refractivity contribution in [2.24, 2.45) is 0 Å². The molecule has 0 aromatic carbocycles. The lowest BCUT2D eigenvalue weighted by molar-refractivity contribution is -0.145. The molecule has 0 aromatic heterocycles. The van der Waals surface area contributed by atoms with E-state index in [4.69, 9.17) is 4.74 Å². The molecule has 0 rings (SSSR count). The molecule has 0 saturated heterocycles. The van der Waals surface area contributed by atoms with Crippen LogP contribution in [0.1, 0.15) is 27.2 Å². The Morgan fingerprint density at radius 2 is 2.30 bits per heavy atom. The zero-order chi connectivity index (χ0) is 7.98. The number of carbonyl (C=O) groups excluding carboxylic acids is 1. The van der Waals surface area contributed by atoms with Gasteiger partial charge in [-0.2, -0.15) is 0 Å². The molecule has 0 saturated carbocycles. The minimum absolute atomic E-state index is 0.199. The zero-order valence-corrected chi connectivity index (χ0v) is 6.60. The third kappa shape index (κ3) is 3.96. The minimum atomic E-state index is -0.266. The fourth-order valence-electron chi connectivity index (χ4n) is 0.513. The first kappa shape index (κ1) is 9.03. The van der Waals surface area contributed by atoms with Gasteiger partial charge in [-0.1, -0.05) is 12.8 Å². The summed E-state index contributed by atoms with van der Waals surface area (Å²) in [6.45, 7) is 5.23. The van der Waals surface area contributed by atoms with Crippen LogP contribution in [0.5, 0.6) is 0 Å². The quantitative estimate of drug-likeness (QED) is 0.427. The van der Waals surface area contributed by atoms with E-state index >= 15 is 0 Å². The van der Waals surface area contributed by atoms with Gasteiger partial charge >= 0.3 is 5.97 Å². The van der Waals surface area contributed by atoms with Gasteiger partial charge in [0.1, 0.15) is 0 Å². The van der Waals surface area contributed by atoms with E-state index in [1.54, 1.807) is 20.8 Å². The van der Waals surface area contributed by atoms with Gasteiger partial charge in [-0.25, -0.2) is 0 Å². The largest absolute Gasteiger partial charge is 0.449 e. The first-order valence-corrected chi connectivity index (χ1v) is 3.32. The number of ether oxygens (including phenoxy) is 1. The first-order chi connectivity index (χ1) is 4.70. The van der Waals surface area contributed by atoms with Crippen LogP contribution < -0.4 is 0 Å². The Morgan fingerprint density at radius 1 is 1.70 bits per heavy atom. The minimum Gasteiger partial charge on any atom is -0.449 e. The summed E-state index contributed by atoms with van der Waals surface area (Å²) in [5.74, 6) is 5.19. The van der Waals surface area contributed by atoms with E-state index in [0.717, 1.165) is 0 Å². The summed E-state index contributed by atoms with van der Waals surface area (Å²) in [4.78, 5) is 10.6. The topological polar surface area (TPSA) is 26.3 Å².